The first-order valence-electron chi connectivity index (χ1n) is 6.68. The molecule has 110 valence electrons. The summed E-state index contributed by atoms with van der Waals surface area (Å²) < 4.78 is 10.3. The van der Waals surface area contributed by atoms with Crippen LogP contribution in [0.3, 0.4) is 0 Å². The Hall–Kier alpha value is -1.30. The number of piperidine rings is 1. The van der Waals surface area contributed by atoms with Gasteiger partial charge in [-0.3, -0.25) is 4.90 Å². The number of hydrogen-bond acceptors (Lipinski definition) is 5. The third kappa shape index (κ3) is 4.38. The number of esters is 1. The summed E-state index contributed by atoms with van der Waals surface area (Å²) in [6.45, 7) is 7.82. The zero-order valence-corrected chi connectivity index (χ0v) is 12.1. The van der Waals surface area contributed by atoms with Gasteiger partial charge in [0.15, 0.2) is 0 Å². The number of rotatable bonds is 2. The second-order valence-electron chi connectivity index (χ2n) is 5.68. The lowest BCUT2D eigenvalue weighted by atomic mass is 9.97. The second-order valence-corrected chi connectivity index (χ2v) is 5.68. The van der Waals surface area contributed by atoms with Crippen LogP contribution in [0.1, 0.15) is 40.5 Å². The summed E-state index contributed by atoms with van der Waals surface area (Å²) in [4.78, 5) is 25.4. The lowest BCUT2D eigenvalue weighted by Gasteiger charge is -2.38. The van der Waals surface area contributed by atoms with E-state index in [2.05, 4.69) is 0 Å². The molecule has 6 heteroatoms. The standard InChI is InChI=1S/C13H24N2O4/c1-5-18-11(16)10-9(14)7-6-8-15(10)12(17)19-13(2,3)4/h9-10H,5-8,14H2,1-4H3/t9-,10-/m0/s1. The van der Waals surface area contributed by atoms with Crippen molar-refractivity contribution in [1.29, 1.82) is 0 Å². The van der Waals surface area contributed by atoms with Crippen molar-refractivity contribution in [2.45, 2.75) is 58.2 Å². The van der Waals surface area contributed by atoms with Crippen molar-refractivity contribution < 1.29 is 19.1 Å². The van der Waals surface area contributed by atoms with Gasteiger partial charge in [0.05, 0.1) is 6.61 Å². The molecule has 0 aromatic carbocycles. The van der Waals surface area contributed by atoms with Gasteiger partial charge in [0.1, 0.15) is 11.6 Å². The van der Waals surface area contributed by atoms with Gasteiger partial charge >= 0.3 is 12.1 Å². The molecule has 19 heavy (non-hydrogen) atoms. The van der Waals surface area contributed by atoms with Crippen molar-refractivity contribution in [3.05, 3.63) is 0 Å². The van der Waals surface area contributed by atoms with E-state index in [0.717, 1.165) is 6.42 Å². The van der Waals surface area contributed by atoms with Crippen LogP contribution in [0.5, 0.6) is 0 Å². The molecule has 0 unspecified atom stereocenters. The van der Waals surface area contributed by atoms with E-state index in [0.29, 0.717) is 13.0 Å². The second kappa shape index (κ2) is 6.23. The molecule has 1 aliphatic rings. The zero-order chi connectivity index (χ0) is 14.6. The average molecular weight is 272 g/mol. The fraction of sp³-hybridized carbons (Fsp3) is 0.846. The van der Waals surface area contributed by atoms with Crippen LogP contribution < -0.4 is 5.73 Å². The summed E-state index contributed by atoms with van der Waals surface area (Å²) in [5, 5.41) is 0. The van der Waals surface area contributed by atoms with Crippen molar-refractivity contribution in [2.24, 2.45) is 5.73 Å². The minimum absolute atomic E-state index is 0.268. The number of likely N-dealkylation sites (tertiary alicyclic amines) is 1. The molecule has 1 fully saturated rings. The summed E-state index contributed by atoms with van der Waals surface area (Å²) >= 11 is 0. The highest BCUT2D eigenvalue weighted by Gasteiger charge is 2.40. The van der Waals surface area contributed by atoms with Gasteiger partial charge in [-0.2, -0.15) is 0 Å². The van der Waals surface area contributed by atoms with Crippen LogP contribution in [-0.2, 0) is 14.3 Å². The molecule has 2 N–H and O–H groups in total. The SMILES string of the molecule is CCOC(=O)[C@@H]1[C@@H](N)CCCN1C(=O)OC(C)(C)C. The van der Waals surface area contributed by atoms with Gasteiger partial charge in [0.25, 0.3) is 0 Å². The van der Waals surface area contributed by atoms with Gasteiger partial charge in [0.2, 0.25) is 0 Å². The van der Waals surface area contributed by atoms with Crippen LogP contribution in [-0.4, -0.2) is 47.8 Å². The van der Waals surface area contributed by atoms with E-state index < -0.39 is 29.7 Å². The molecular formula is C13H24N2O4. The van der Waals surface area contributed by atoms with Crippen molar-refractivity contribution in [3.8, 4) is 0 Å². The van der Waals surface area contributed by atoms with E-state index in [-0.39, 0.29) is 6.61 Å². The molecule has 2 atom stereocenters. The van der Waals surface area contributed by atoms with Crippen molar-refractivity contribution in [1.82, 2.24) is 4.90 Å². The molecule has 1 rings (SSSR count). The molecule has 0 aliphatic carbocycles. The molecule has 0 bridgehead atoms. The topological polar surface area (TPSA) is 81.9 Å². The number of nitrogens with two attached hydrogens (primary N) is 1. The number of carbonyl (C=O) groups excluding carboxylic acids is 2. The molecule has 1 heterocycles. The smallest absolute Gasteiger partial charge is 0.411 e. The van der Waals surface area contributed by atoms with E-state index in [1.165, 1.54) is 4.90 Å². The summed E-state index contributed by atoms with van der Waals surface area (Å²) in [5.41, 5.74) is 5.35. The summed E-state index contributed by atoms with van der Waals surface area (Å²) in [7, 11) is 0. The monoisotopic (exact) mass is 272 g/mol. The Kier molecular flexibility index (Phi) is 5.17. The normalized spacial score (nSPS) is 23.9. The quantitative estimate of drug-likeness (QED) is 0.766. The maximum Gasteiger partial charge on any atom is 0.411 e. The molecule has 0 aromatic heterocycles. The van der Waals surface area contributed by atoms with E-state index in [1.807, 2.05) is 0 Å². The van der Waals surface area contributed by atoms with Gasteiger partial charge in [-0.25, -0.2) is 9.59 Å². The zero-order valence-electron chi connectivity index (χ0n) is 12.1. The van der Waals surface area contributed by atoms with Gasteiger partial charge in [-0.05, 0) is 40.5 Å². The van der Waals surface area contributed by atoms with Crippen LogP contribution in [0.2, 0.25) is 0 Å². The van der Waals surface area contributed by atoms with Crippen LogP contribution in [0, 0.1) is 0 Å². The lowest BCUT2D eigenvalue weighted by Crippen LogP contribution is -2.59. The molecule has 1 saturated heterocycles. The van der Waals surface area contributed by atoms with Crippen LogP contribution in [0.25, 0.3) is 0 Å². The molecule has 6 nitrogen and oxygen atoms in total. The summed E-state index contributed by atoms with van der Waals surface area (Å²) in [6.07, 6.45) is 0.944. The van der Waals surface area contributed by atoms with E-state index >= 15 is 0 Å². The number of amides is 1. The Morgan fingerprint density at radius 2 is 2.00 bits per heavy atom. The first kappa shape index (κ1) is 15.8. The largest absolute Gasteiger partial charge is 0.464 e. The Bertz CT molecular complexity index is 338. The molecule has 1 amide bonds. The van der Waals surface area contributed by atoms with E-state index in [1.54, 1.807) is 27.7 Å². The Morgan fingerprint density at radius 3 is 2.53 bits per heavy atom. The maximum absolute atomic E-state index is 12.1. The fourth-order valence-electron chi connectivity index (χ4n) is 2.08. The summed E-state index contributed by atoms with van der Waals surface area (Å²) in [6, 6.07) is -1.15. The highest BCUT2D eigenvalue weighted by atomic mass is 16.6. The van der Waals surface area contributed by atoms with E-state index in [9.17, 15) is 9.59 Å². The predicted octanol–water partition coefficient (Wildman–Crippen LogP) is 1.28. The highest BCUT2D eigenvalue weighted by molar-refractivity contribution is 5.82. The number of carbonyl (C=O) groups is 2. The lowest BCUT2D eigenvalue weighted by molar-refractivity contribution is -0.151. The Labute approximate surface area is 114 Å². The number of hydrogen-bond donors (Lipinski definition) is 1. The third-order valence-electron chi connectivity index (χ3n) is 2.83. The van der Waals surface area contributed by atoms with Crippen LogP contribution in [0.4, 0.5) is 4.79 Å². The Morgan fingerprint density at radius 1 is 1.37 bits per heavy atom. The summed E-state index contributed by atoms with van der Waals surface area (Å²) in [5.74, 6) is -0.458. The van der Waals surface area contributed by atoms with Crippen molar-refractivity contribution >= 4 is 12.1 Å². The van der Waals surface area contributed by atoms with Crippen LogP contribution >= 0.6 is 0 Å². The molecular weight excluding hydrogens is 248 g/mol. The first-order chi connectivity index (χ1) is 8.76. The van der Waals surface area contributed by atoms with Crippen molar-refractivity contribution in [2.75, 3.05) is 13.2 Å². The molecule has 0 saturated carbocycles. The van der Waals surface area contributed by atoms with Crippen LogP contribution in [0.15, 0.2) is 0 Å². The third-order valence-corrected chi connectivity index (χ3v) is 2.83. The van der Waals surface area contributed by atoms with E-state index in [4.69, 9.17) is 15.2 Å². The minimum Gasteiger partial charge on any atom is -0.464 e. The minimum atomic E-state index is -0.747. The van der Waals surface area contributed by atoms with Gasteiger partial charge < -0.3 is 15.2 Å². The number of ether oxygens (including phenoxy) is 2. The maximum atomic E-state index is 12.1. The molecule has 1 aliphatic heterocycles. The van der Waals surface area contributed by atoms with Gasteiger partial charge in [0, 0.05) is 12.6 Å². The van der Waals surface area contributed by atoms with Crippen molar-refractivity contribution in [3.63, 3.8) is 0 Å². The average Bonchev–Trinajstić information content (AvgIpc) is 2.26. The molecule has 0 radical (unpaired) electrons. The highest BCUT2D eigenvalue weighted by Crippen LogP contribution is 2.20. The fourth-order valence-corrected chi connectivity index (χ4v) is 2.08. The number of nitrogens with zero attached hydrogens (tertiary/aromatic N) is 1. The molecule has 0 spiro atoms. The molecule has 0 aromatic rings. The van der Waals surface area contributed by atoms with Gasteiger partial charge in [-0.15, -0.1) is 0 Å². The predicted molar refractivity (Wildman–Crippen MR) is 70.6 cm³/mol. The Balaban J connectivity index is 2.82. The first-order valence-corrected chi connectivity index (χ1v) is 6.68. The van der Waals surface area contributed by atoms with Gasteiger partial charge in [-0.1, -0.05) is 0 Å².